The second-order valence-corrected chi connectivity index (χ2v) is 6.27. The van der Waals surface area contributed by atoms with Crippen LogP contribution in [0.4, 0.5) is 0 Å². The molecule has 1 heterocycles. The third kappa shape index (κ3) is 3.14. The van der Waals surface area contributed by atoms with Gasteiger partial charge in [-0.1, -0.05) is 13.0 Å². The largest absolute Gasteiger partial charge is 0.493 e. The fourth-order valence-corrected chi connectivity index (χ4v) is 3.32. The van der Waals surface area contributed by atoms with E-state index in [0.717, 1.165) is 35.8 Å². The molecule has 3 atom stereocenters. The lowest BCUT2D eigenvalue weighted by molar-refractivity contribution is -0.119. The van der Waals surface area contributed by atoms with Gasteiger partial charge in [0.25, 0.3) is 0 Å². The molecule has 2 fully saturated rings. The highest BCUT2D eigenvalue weighted by atomic mass is 16.5. The van der Waals surface area contributed by atoms with Crippen LogP contribution < -0.4 is 14.8 Å². The van der Waals surface area contributed by atoms with Gasteiger partial charge in [0.2, 0.25) is 5.91 Å². The Morgan fingerprint density at radius 3 is 2.71 bits per heavy atom. The summed E-state index contributed by atoms with van der Waals surface area (Å²) in [6.45, 7) is 2.98. The van der Waals surface area contributed by atoms with Crippen LogP contribution in [0.15, 0.2) is 18.2 Å². The Labute approximate surface area is 125 Å². The van der Waals surface area contributed by atoms with Crippen molar-refractivity contribution in [3.8, 4) is 11.5 Å². The standard InChI is InChI=1S/C17H23NO3/c1-11-3-5-14(7-11)21-16-8-12(4-6-15(16)20-2)13-9-17(19)18-10-13/h4,6,8,11,13-14H,3,5,7,9-10H2,1-2H3,(H,18,19). The van der Waals surface area contributed by atoms with Crippen molar-refractivity contribution in [2.45, 2.75) is 44.6 Å². The molecule has 1 aromatic rings. The van der Waals surface area contributed by atoms with E-state index in [0.29, 0.717) is 13.0 Å². The molecule has 3 unspecified atom stereocenters. The maximum absolute atomic E-state index is 11.4. The molecule has 1 aromatic carbocycles. The number of methoxy groups -OCH3 is 1. The van der Waals surface area contributed by atoms with Crippen LogP contribution in [0, 0.1) is 5.92 Å². The van der Waals surface area contributed by atoms with E-state index in [1.807, 2.05) is 18.2 Å². The predicted octanol–water partition coefficient (Wildman–Crippen LogP) is 2.87. The third-order valence-electron chi connectivity index (χ3n) is 4.58. The van der Waals surface area contributed by atoms with Crippen molar-refractivity contribution in [2.24, 2.45) is 5.92 Å². The highest BCUT2D eigenvalue weighted by Crippen LogP contribution is 2.36. The number of rotatable bonds is 4. The van der Waals surface area contributed by atoms with Gasteiger partial charge in [-0.15, -0.1) is 0 Å². The fourth-order valence-electron chi connectivity index (χ4n) is 3.32. The second-order valence-electron chi connectivity index (χ2n) is 6.27. The van der Waals surface area contributed by atoms with Gasteiger partial charge in [-0.3, -0.25) is 4.79 Å². The van der Waals surface area contributed by atoms with E-state index in [9.17, 15) is 4.79 Å². The molecule has 1 N–H and O–H groups in total. The zero-order valence-electron chi connectivity index (χ0n) is 12.7. The van der Waals surface area contributed by atoms with Crippen molar-refractivity contribution in [1.82, 2.24) is 5.32 Å². The number of carbonyl (C=O) groups is 1. The van der Waals surface area contributed by atoms with Crippen molar-refractivity contribution in [2.75, 3.05) is 13.7 Å². The highest BCUT2D eigenvalue weighted by Gasteiger charge is 2.26. The number of amides is 1. The van der Waals surface area contributed by atoms with Crippen molar-refractivity contribution in [3.63, 3.8) is 0 Å². The summed E-state index contributed by atoms with van der Waals surface area (Å²) in [5.74, 6) is 2.70. The van der Waals surface area contributed by atoms with Crippen LogP contribution in [-0.4, -0.2) is 25.7 Å². The monoisotopic (exact) mass is 289 g/mol. The quantitative estimate of drug-likeness (QED) is 0.927. The van der Waals surface area contributed by atoms with Crippen LogP contribution in [-0.2, 0) is 4.79 Å². The number of nitrogens with one attached hydrogen (secondary N) is 1. The first-order chi connectivity index (χ1) is 10.2. The average molecular weight is 289 g/mol. The van der Waals surface area contributed by atoms with Gasteiger partial charge in [0.15, 0.2) is 11.5 Å². The molecule has 0 spiro atoms. The Morgan fingerprint density at radius 2 is 2.10 bits per heavy atom. The van der Waals surface area contributed by atoms with Gasteiger partial charge in [-0.25, -0.2) is 0 Å². The summed E-state index contributed by atoms with van der Waals surface area (Å²) in [6, 6.07) is 6.03. The fraction of sp³-hybridized carbons (Fsp3) is 0.588. The van der Waals surface area contributed by atoms with Crippen LogP contribution in [0.3, 0.4) is 0 Å². The van der Waals surface area contributed by atoms with E-state index in [4.69, 9.17) is 9.47 Å². The third-order valence-corrected chi connectivity index (χ3v) is 4.58. The summed E-state index contributed by atoms with van der Waals surface area (Å²) < 4.78 is 11.6. The minimum Gasteiger partial charge on any atom is -0.493 e. The van der Waals surface area contributed by atoms with Crippen LogP contribution in [0.2, 0.25) is 0 Å². The minimum atomic E-state index is 0.128. The maximum Gasteiger partial charge on any atom is 0.220 e. The van der Waals surface area contributed by atoms with Crippen molar-refractivity contribution in [3.05, 3.63) is 23.8 Å². The molecule has 0 aromatic heterocycles. The van der Waals surface area contributed by atoms with E-state index in [-0.39, 0.29) is 17.9 Å². The minimum absolute atomic E-state index is 0.128. The zero-order chi connectivity index (χ0) is 14.8. The van der Waals surface area contributed by atoms with Crippen LogP contribution in [0.5, 0.6) is 11.5 Å². The molecule has 1 amide bonds. The SMILES string of the molecule is COc1ccc(C2CNC(=O)C2)cc1OC1CCC(C)C1. The van der Waals surface area contributed by atoms with Gasteiger partial charge in [0.05, 0.1) is 13.2 Å². The lowest BCUT2D eigenvalue weighted by Gasteiger charge is -2.18. The first-order valence-electron chi connectivity index (χ1n) is 7.77. The van der Waals surface area contributed by atoms with Gasteiger partial charge in [-0.2, -0.15) is 0 Å². The molecule has 4 nitrogen and oxygen atoms in total. The number of hydrogen-bond donors (Lipinski definition) is 1. The number of benzene rings is 1. The number of hydrogen-bond acceptors (Lipinski definition) is 3. The van der Waals surface area contributed by atoms with Gasteiger partial charge in [0.1, 0.15) is 0 Å². The molecule has 21 heavy (non-hydrogen) atoms. The molecular weight excluding hydrogens is 266 g/mol. The summed E-state index contributed by atoms with van der Waals surface area (Å²) in [4.78, 5) is 11.4. The lowest BCUT2D eigenvalue weighted by Crippen LogP contribution is -2.14. The summed E-state index contributed by atoms with van der Waals surface area (Å²) >= 11 is 0. The number of ether oxygens (including phenoxy) is 2. The Hall–Kier alpha value is -1.71. The first-order valence-corrected chi connectivity index (χ1v) is 7.77. The Morgan fingerprint density at radius 1 is 1.24 bits per heavy atom. The van der Waals surface area contributed by atoms with Crippen molar-refractivity contribution in [1.29, 1.82) is 0 Å². The van der Waals surface area contributed by atoms with Crippen LogP contribution in [0.1, 0.15) is 44.1 Å². The molecule has 114 valence electrons. The Balaban J connectivity index is 1.78. The van der Waals surface area contributed by atoms with Gasteiger partial charge < -0.3 is 14.8 Å². The number of carbonyl (C=O) groups excluding carboxylic acids is 1. The topological polar surface area (TPSA) is 47.6 Å². The van der Waals surface area contributed by atoms with Crippen LogP contribution >= 0.6 is 0 Å². The summed E-state index contributed by atoms with van der Waals surface area (Å²) in [5.41, 5.74) is 1.15. The molecule has 3 rings (SSSR count). The summed E-state index contributed by atoms with van der Waals surface area (Å²) in [7, 11) is 1.67. The molecular formula is C17H23NO3. The average Bonchev–Trinajstić information content (AvgIpc) is 3.08. The normalized spacial score (nSPS) is 28.5. The second kappa shape index (κ2) is 5.96. The molecule has 1 saturated heterocycles. The molecule has 4 heteroatoms. The Bertz CT molecular complexity index is 529. The van der Waals surface area contributed by atoms with E-state index >= 15 is 0 Å². The highest BCUT2D eigenvalue weighted by molar-refractivity contribution is 5.79. The smallest absolute Gasteiger partial charge is 0.220 e. The van der Waals surface area contributed by atoms with Crippen LogP contribution in [0.25, 0.3) is 0 Å². The van der Waals surface area contributed by atoms with Gasteiger partial charge in [-0.05, 0) is 42.9 Å². The molecule has 1 saturated carbocycles. The van der Waals surface area contributed by atoms with E-state index in [2.05, 4.69) is 12.2 Å². The lowest BCUT2D eigenvalue weighted by atomic mass is 9.98. The zero-order valence-corrected chi connectivity index (χ0v) is 12.7. The van der Waals surface area contributed by atoms with Gasteiger partial charge >= 0.3 is 0 Å². The molecule has 0 bridgehead atoms. The first kappa shape index (κ1) is 14.2. The van der Waals surface area contributed by atoms with Gasteiger partial charge in [0, 0.05) is 18.9 Å². The van der Waals surface area contributed by atoms with E-state index in [1.54, 1.807) is 7.11 Å². The van der Waals surface area contributed by atoms with Crippen molar-refractivity contribution < 1.29 is 14.3 Å². The Kier molecular flexibility index (Phi) is 4.04. The molecule has 2 aliphatic rings. The predicted molar refractivity (Wildman–Crippen MR) is 80.8 cm³/mol. The summed E-state index contributed by atoms with van der Waals surface area (Å²) in [6.07, 6.45) is 4.29. The summed E-state index contributed by atoms with van der Waals surface area (Å²) in [5, 5.41) is 2.88. The van der Waals surface area contributed by atoms with E-state index < -0.39 is 0 Å². The molecule has 1 aliphatic heterocycles. The molecule has 0 radical (unpaired) electrons. The molecule has 1 aliphatic carbocycles. The van der Waals surface area contributed by atoms with Crippen molar-refractivity contribution >= 4 is 5.91 Å². The maximum atomic E-state index is 11.4. The van der Waals surface area contributed by atoms with E-state index in [1.165, 1.54) is 6.42 Å².